The second-order valence-electron chi connectivity index (χ2n) is 3.86. The fraction of sp³-hybridized carbons (Fsp3) is 0.0769. The highest BCUT2D eigenvalue weighted by Gasteiger charge is 2.09. The van der Waals surface area contributed by atoms with Crippen molar-refractivity contribution in [2.45, 2.75) is 5.03 Å². The quantitative estimate of drug-likeness (QED) is 0.663. The Kier molecular flexibility index (Phi) is 5.11. The van der Waals surface area contributed by atoms with Gasteiger partial charge in [-0.25, -0.2) is 4.98 Å². The van der Waals surface area contributed by atoms with E-state index in [4.69, 9.17) is 28.9 Å². The maximum Gasteiger partial charge on any atom is 0.234 e. The van der Waals surface area contributed by atoms with Crippen LogP contribution in [-0.2, 0) is 4.79 Å². The Labute approximate surface area is 130 Å². The third kappa shape index (κ3) is 4.03. The number of nitrogen functional groups attached to an aromatic ring is 1. The van der Waals surface area contributed by atoms with Gasteiger partial charge in [-0.15, -0.1) is 0 Å². The van der Waals surface area contributed by atoms with Crippen LogP contribution in [0.4, 0.5) is 11.4 Å². The highest BCUT2D eigenvalue weighted by molar-refractivity contribution is 8.00. The van der Waals surface area contributed by atoms with Crippen LogP contribution in [-0.4, -0.2) is 16.6 Å². The lowest BCUT2D eigenvalue weighted by Crippen LogP contribution is -2.15. The van der Waals surface area contributed by atoms with Gasteiger partial charge in [0.2, 0.25) is 5.91 Å². The number of rotatable bonds is 4. The largest absolute Gasteiger partial charge is 0.397 e. The fourth-order valence-electron chi connectivity index (χ4n) is 1.43. The van der Waals surface area contributed by atoms with Crippen molar-refractivity contribution in [3.8, 4) is 0 Å². The number of pyridine rings is 1. The molecule has 0 aliphatic rings. The topological polar surface area (TPSA) is 68.0 Å². The van der Waals surface area contributed by atoms with Crippen molar-refractivity contribution in [2.24, 2.45) is 0 Å². The number of hydrogen-bond donors (Lipinski definition) is 2. The summed E-state index contributed by atoms with van der Waals surface area (Å²) in [5.74, 6) is -0.0198. The number of anilines is 2. The van der Waals surface area contributed by atoms with Crippen LogP contribution in [0.15, 0.2) is 41.6 Å². The van der Waals surface area contributed by atoms with Crippen LogP contribution in [0.25, 0.3) is 0 Å². The molecule has 0 saturated heterocycles. The standard InChI is InChI=1S/C13H11Cl2N3OS/c14-8-3-4-10(16)11(6-8)18-12(19)7-20-13-9(15)2-1-5-17-13/h1-6H,7,16H2,(H,18,19). The minimum Gasteiger partial charge on any atom is -0.397 e. The van der Waals surface area contributed by atoms with Crippen molar-refractivity contribution in [1.82, 2.24) is 4.98 Å². The first-order valence-corrected chi connectivity index (χ1v) is 7.38. The van der Waals surface area contributed by atoms with Gasteiger partial charge in [0.1, 0.15) is 5.03 Å². The highest BCUT2D eigenvalue weighted by atomic mass is 35.5. The third-order valence-electron chi connectivity index (χ3n) is 2.35. The van der Waals surface area contributed by atoms with E-state index in [2.05, 4.69) is 10.3 Å². The number of halogens is 2. The van der Waals surface area contributed by atoms with Crippen molar-refractivity contribution < 1.29 is 4.79 Å². The lowest BCUT2D eigenvalue weighted by Gasteiger charge is -2.08. The van der Waals surface area contributed by atoms with Gasteiger partial charge in [-0.1, -0.05) is 35.0 Å². The van der Waals surface area contributed by atoms with Gasteiger partial charge in [0.05, 0.1) is 22.2 Å². The zero-order valence-corrected chi connectivity index (χ0v) is 12.6. The number of carbonyl (C=O) groups is 1. The van der Waals surface area contributed by atoms with E-state index in [0.29, 0.717) is 26.4 Å². The predicted molar refractivity (Wildman–Crippen MR) is 84.5 cm³/mol. The summed E-state index contributed by atoms with van der Waals surface area (Å²) in [6.45, 7) is 0. The SMILES string of the molecule is Nc1ccc(Cl)cc1NC(=O)CSc1ncccc1Cl. The minimum absolute atomic E-state index is 0.183. The van der Waals surface area contributed by atoms with Gasteiger partial charge in [-0.05, 0) is 30.3 Å². The molecule has 0 saturated carbocycles. The van der Waals surface area contributed by atoms with Crippen molar-refractivity contribution in [3.05, 3.63) is 46.6 Å². The number of nitrogens with one attached hydrogen (secondary N) is 1. The first-order chi connectivity index (χ1) is 9.56. The van der Waals surface area contributed by atoms with Crippen LogP contribution in [0.5, 0.6) is 0 Å². The number of hydrogen-bond acceptors (Lipinski definition) is 4. The number of benzene rings is 1. The molecule has 4 nitrogen and oxygen atoms in total. The van der Waals surface area contributed by atoms with E-state index in [1.807, 2.05) is 0 Å². The Bertz CT molecular complexity index is 637. The summed E-state index contributed by atoms with van der Waals surface area (Å²) >= 11 is 13.1. The zero-order chi connectivity index (χ0) is 14.5. The van der Waals surface area contributed by atoms with E-state index in [1.54, 1.807) is 36.5 Å². The highest BCUT2D eigenvalue weighted by Crippen LogP contribution is 2.26. The molecule has 1 heterocycles. The molecule has 3 N–H and O–H groups in total. The average molecular weight is 328 g/mol. The molecule has 104 valence electrons. The van der Waals surface area contributed by atoms with Gasteiger partial charge in [0.15, 0.2) is 0 Å². The zero-order valence-electron chi connectivity index (χ0n) is 10.3. The number of nitrogens with zero attached hydrogens (tertiary/aromatic N) is 1. The van der Waals surface area contributed by atoms with Crippen molar-refractivity contribution in [3.63, 3.8) is 0 Å². The molecular weight excluding hydrogens is 317 g/mol. The molecule has 0 spiro atoms. The number of thioether (sulfide) groups is 1. The predicted octanol–water partition coefficient (Wildman–Crippen LogP) is 3.70. The Morgan fingerprint density at radius 2 is 2.15 bits per heavy atom. The third-order valence-corrected chi connectivity index (χ3v) is 4.01. The van der Waals surface area contributed by atoms with E-state index in [9.17, 15) is 4.79 Å². The normalized spacial score (nSPS) is 10.3. The molecule has 7 heteroatoms. The summed E-state index contributed by atoms with van der Waals surface area (Å²) in [5, 5.41) is 4.34. The van der Waals surface area contributed by atoms with Gasteiger partial charge >= 0.3 is 0 Å². The van der Waals surface area contributed by atoms with Gasteiger partial charge in [-0.2, -0.15) is 0 Å². The molecule has 0 atom stereocenters. The second kappa shape index (κ2) is 6.83. The first kappa shape index (κ1) is 15.0. The van der Waals surface area contributed by atoms with Crippen LogP contribution in [0, 0.1) is 0 Å². The minimum atomic E-state index is -0.203. The number of aromatic nitrogens is 1. The summed E-state index contributed by atoms with van der Waals surface area (Å²) in [7, 11) is 0. The second-order valence-corrected chi connectivity index (χ2v) is 5.67. The molecular formula is C13H11Cl2N3OS. The number of carbonyl (C=O) groups excluding carboxylic acids is 1. The van der Waals surface area contributed by atoms with Crippen molar-refractivity contribution >= 4 is 52.2 Å². The van der Waals surface area contributed by atoms with E-state index >= 15 is 0 Å². The summed E-state index contributed by atoms with van der Waals surface area (Å²) in [5.41, 5.74) is 6.71. The number of nitrogens with two attached hydrogens (primary N) is 1. The first-order valence-electron chi connectivity index (χ1n) is 5.64. The van der Waals surface area contributed by atoms with Crippen LogP contribution in [0.2, 0.25) is 10.0 Å². The molecule has 0 fully saturated rings. The average Bonchev–Trinajstić information content (AvgIpc) is 2.42. The van der Waals surface area contributed by atoms with E-state index in [-0.39, 0.29) is 11.7 Å². The number of amides is 1. The van der Waals surface area contributed by atoms with Crippen molar-refractivity contribution in [1.29, 1.82) is 0 Å². The Morgan fingerprint density at radius 3 is 2.90 bits per heavy atom. The Balaban J connectivity index is 1.96. The summed E-state index contributed by atoms with van der Waals surface area (Å²) in [4.78, 5) is 16.0. The summed E-state index contributed by atoms with van der Waals surface area (Å²) in [6, 6.07) is 8.37. The molecule has 1 aromatic heterocycles. The molecule has 0 radical (unpaired) electrons. The molecule has 0 unspecified atom stereocenters. The van der Waals surface area contributed by atoms with Crippen LogP contribution >= 0.6 is 35.0 Å². The summed E-state index contributed by atoms with van der Waals surface area (Å²) < 4.78 is 0. The van der Waals surface area contributed by atoms with Crippen LogP contribution in [0.1, 0.15) is 0 Å². The van der Waals surface area contributed by atoms with Crippen LogP contribution < -0.4 is 11.1 Å². The monoisotopic (exact) mass is 327 g/mol. The molecule has 1 aromatic carbocycles. The van der Waals surface area contributed by atoms with Crippen LogP contribution in [0.3, 0.4) is 0 Å². The van der Waals surface area contributed by atoms with Gasteiger partial charge in [0.25, 0.3) is 0 Å². The molecule has 20 heavy (non-hydrogen) atoms. The molecule has 0 aliphatic carbocycles. The maximum absolute atomic E-state index is 11.9. The lowest BCUT2D eigenvalue weighted by molar-refractivity contribution is -0.113. The van der Waals surface area contributed by atoms with Crippen molar-refractivity contribution in [2.75, 3.05) is 16.8 Å². The molecule has 0 bridgehead atoms. The van der Waals surface area contributed by atoms with E-state index in [1.165, 1.54) is 11.8 Å². The van der Waals surface area contributed by atoms with Gasteiger partial charge in [0, 0.05) is 11.2 Å². The lowest BCUT2D eigenvalue weighted by atomic mass is 10.2. The molecule has 2 rings (SSSR count). The molecule has 1 amide bonds. The fourth-order valence-corrected chi connectivity index (χ4v) is 2.57. The smallest absolute Gasteiger partial charge is 0.234 e. The Morgan fingerprint density at radius 1 is 1.35 bits per heavy atom. The Hall–Kier alpha value is -1.43. The van der Waals surface area contributed by atoms with E-state index in [0.717, 1.165) is 0 Å². The maximum atomic E-state index is 11.9. The van der Waals surface area contributed by atoms with Gasteiger partial charge < -0.3 is 11.1 Å². The molecule has 2 aromatic rings. The van der Waals surface area contributed by atoms with E-state index < -0.39 is 0 Å². The summed E-state index contributed by atoms with van der Waals surface area (Å²) in [6.07, 6.45) is 1.63. The molecule has 0 aliphatic heterocycles. The van der Waals surface area contributed by atoms with Gasteiger partial charge in [-0.3, -0.25) is 4.79 Å².